The van der Waals surface area contributed by atoms with E-state index in [2.05, 4.69) is 31.2 Å². The van der Waals surface area contributed by atoms with Gasteiger partial charge >= 0.3 is 5.97 Å². The van der Waals surface area contributed by atoms with Crippen LogP contribution in [0.2, 0.25) is 0 Å². The van der Waals surface area contributed by atoms with Crippen LogP contribution in [0.25, 0.3) is 0 Å². The van der Waals surface area contributed by atoms with Gasteiger partial charge in [0.05, 0.1) is 5.57 Å². The number of aliphatic carboxylic acids is 1. The van der Waals surface area contributed by atoms with Crippen LogP contribution in [0.3, 0.4) is 0 Å². The Morgan fingerprint density at radius 2 is 2.25 bits per heavy atom. The number of hydrogen-bond acceptors (Lipinski definition) is 2. The standard InChI is InChI=1S/C7H10.C6H6O2S/c1-7-5-3-2-4-6-7;7-6(8)5-2-1-3-9-4-5/h2-5,7H,6H2,1H3;1-2,4H,3H2,(H,7,8). The van der Waals surface area contributed by atoms with Crippen molar-refractivity contribution in [3.63, 3.8) is 0 Å². The summed E-state index contributed by atoms with van der Waals surface area (Å²) in [4.78, 5) is 10.2. The maximum Gasteiger partial charge on any atom is 0.336 e. The molecule has 1 aliphatic carbocycles. The van der Waals surface area contributed by atoms with Crippen LogP contribution in [-0.2, 0) is 4.79 Å². The molecule has 1 aliphatic heterocycles. The first-order valence-corrected chi connectivity index (χ1v) is 6.30. The van der Waals surface area contributed by atoms with E-state index in [4.69, 9.17) is 5.11 Å². The molecule has 0 bridgehead atoms. The highest BCUT2D eigenvalue weighted by Gasteiger charge is 2.03. The van der Waals surface area contributed by atoms with Gasteiger partial charge in [0.1, 0.15) is 0 Å². The summed E-state index contributed by atoms with van der Waals surface area (Å²) in [6.45, 7) is 2.22. The fraction of sp³-hybridized carbons (Fsp3) is 0.308. The second kappa shape index (κ2) is 7.12. The number of allylic oxidation sites excluding steroid dienone is 4. The summed E-state index contributed by atoms with van der Waals surface area (Å²) in [5.74, 6) is 0.806. The minimum absolute atomic E-state index is 0.381. The van der Waals surface area contributed by atoms with E-state index >= 15 is 0 Å². The van der Waals surface area contributed by atoms with Crippen molar-refractivity contribution in [3.05, 3.63) is 47.4 Å². The second-order valence-electron chi connectivity index (χ2n) is 3.64. The Bertz CT molecular complexity index is 351. The van der Waals surface area contributed by atoms with E-state index in [0.717, 1.165) is 11.7 Å². The first-order chi connectivity index (χ1) is 7.70. The van der Waals surface area contributed by atoms with Crippen molar-refractivity contribution in [1.29, 1.82) is 0 Å². The average molecular weight is 236 g/mol. The lowest BCUT2D eigenvalue weighted by Gasteiger charge is -2.02. The Hall–Kier alpha value is -1.22. The fourth-order valence-corrected chi connectivity index (χ4v) is 1.90. The molecule has 0 amide bonds. The molecule has 16 heavy (non-hydrogen) atoms. The van der Waals surface area contributed by atoms with Crippen LogP contribution in [0.15, 0.2) is 47.4 Å². The molecule has 2 aliphatic rings. The number of carboxylic acids is 1. The number of carbonyl (C=O) groups is 1. The molecule has 1 heterocycles. The predicted molar refractivity (Wildman–Crippen MR) is 69.4 cm³/mol. The van der Waals surface area contributed by atoms with Gasteiger partial charge in [-0.2, -0.15) is 0 Å². The topological polar surface area (TPSA) is 37.3 Å². The first kappa shape index (κ1) is 12.8. The highest BCUT2D eigenvalue weighted by atomic mass is 32.2. The highest BCUT2D eigenvalue weighted by molar-refractivity contribution is 8.02. The first-order valence-electron chi connectivity index (χ1n) is 5.25. The summed E-state index contributed by atoms with van der Waals surface area (Å²) < 4.78 is 0. The molecular formula is C13H16O2S. The lowest BCUT2D eigenvalue weighted by molar-refractivity contribution is -0.132. The van der Waals surface area contributed by atoms with Crippen LogP contribution in [0, 0.1) is 5.92 Å². The van der Waals surface area contributed by atoms with Crippen molar-refractivity contribution in [1.82, 2.24) is 0 Å². The van der Waals surface area contributed by atoms with Gasteiger partial charge in [0, 0.05) is 5.75 Å². The zero-order chi connectivity index (χ0) is 11.8. The van der Waals surface area contributed by atoms with Gasteiger partial charge in [-0.25, -0.2) is 4.79 Å². The number of carboxylic acid groups (broad SMARTS) is 1. The maximum absolute atomic E-state index is 10.2. The molecule has 2 rings (SSSR count). The van der Waals surface area contributed by atoms with E-state index in [1.54, 1.807) is 11.5 Å². The van der Waals surface area contributed by atoms with Crippen LogP contribution in [0.4, 0.5) is 0 Å². The molecule has 1 N–H and O–H groups in total. The van der Waals surface area contributed by atoms with Crippen LogP contribution in [0.5, 0.6) is 0 Å². The Labute approximate surface area is 100 Å². The zero-order valence-electron chi connectivity index (χ0n) is 9.30. The Balaban J connectivity index is 0.000000165. The molecule has 1 atom stereocenters. The molecule has 2 nitrogen and oxygen atoms in total. The summed E-state index contributed by atoms with van der Waals surface area (Å²) in [6.07, 6.45) is 13.3. The molecule has 3 heteroatoms. The summed E-state index contributed by atoms with van der Waals surface area (Å²) in [5, 5.41) is 10.1. The lowest BCUT2D eigenvalue weighted by atomic mass is 10.0. The third kappa shape index (κ3) is 5.03. The number of hydrogen-bond donors (Lipinski definition) is 1. The van der Waals surface area contributed by atoms with Crippen molar-refractivity contribution >= 4 is 17.7 Å². The van der Waals surface area contributed by atoms with Gasteiger partial charge < -0.3 is 5.11 Å². The minimum Gasteiger partial charge on any atom is -0.478 e. The number of rotatable bonds is 1. The SMILES string of the molecule is CC1C=CC=CC1.O=C(O)C1=CSCC=C1. The zero-order valence-corrected chi connectivity index (χ0v) is 10.1. The second-order valence-corrected chi connectivity index (χ2v) is 4.54. The van der Waals surface area contributed by atoms with Crippen LogP contribution in [0.1, 0.15) is 13.3 Å². The van der Waals surface area contributed by atoms with E-state index in [0.29, 0.717) is 5.57 Å². The third-order valence-corrected chi connectivity index (χ3v) is 2.95. The molecular weight excluding hydrogens is 220 g/mol. The quantitative estimate of drug-likeness (QED) is 0.758. The summed E-state index contributed by atoms with van der Waals surface area (Å²) in [7, 11) is 0. The summed E-state index contributed by atoms with van der Waals surface area (Å²) in [6, 6.07) is 0. The van der Waals surface area contributed by atoms with E-state index < -0.39 is 5.97 Å². The molecule has 0 fully saturated rings. The lowest BCUT2D eigenvalue weighted by Crippen LogP contribution is -1.98. The molecule has 0 aromatic heterocycles. The largest absolute Gasteiger partial charge is 0.478 e. The van der Waals surface area contributed by atoms with Gasteiger partial charge in [-0.3, -0.25) is 0 Å². The summed E-state index contributed by atoms with van der Waals surface area (Å²) >= 11 is 1.50. The molecule has 86 valence electrons. The van der Waals surface area contributed by atoms with Crippen LogP contribution in [-0.4, -0.2) is 16.8 Å². The average Bonchev–Trinajstić information content (AvgIpc) is 2.32. The van der Waals surface area contributed by atoms with Crippen molar-refractivity contribution in [3.8, 4) is 0 Å². The van der Waals surface area contributed by atoms with Crippen molar-refractivity contribution in [2.75, 3.05) is 5.75 Å². The van der Waals surface area contributed by atoms with Crippen LogP contribution >= 0.6 is 11.8 Å². The Kier molecular flexibility index (Phi) is 5.72. The van der Waals surface area contributed by atoms with Gasteiger partial charge in [0.15, 0.2) is 0 Å². The van der Waals surface area contributed by atoms with E-state index in [-0.39, 0.29) is 0 Å². The van der Waals surface area contributed by atoms with E-state index in [9.17, 15) is 4.79 Å². The van der Waals surface area contributed by atoms with Gasteiger partial charge in [-0.1, -0.05) is 43.4 Å². The van der Waals surface area contributed by atoms with E-state index in [1.165, 1.54) is 18.2 Å². The molecule has 0 aromatic rings. The molecule has 0 aromatic carbocycles. The smallest absolute Gasteiger partial charge is 0.336 e. The maximum atomic E-state index is 10.2. The monoisotopic (exact) mass is 236 g/mol. The number of thioether (sulfide) groups is 1. The van der Waals surface area contributed by atoms with Crippen molar-refractivity contribution in [2.24, 2.45) is 5.92 Å². The van der Waals surface area contributed by atoms with Gasteiger partial charge in [-0.15, -0.1) is 11.8 Å². The van der Waals surface area contributed by atoms with Crippen molar-refractivity contribution < 1.29 is 9.90 Å². The molecule has 0 spiro atoms. The molecule has 1 unspecified atom stereocenters. The van der Waals surface area contributed by atoms with Crippen LogP contribution < -0.4 is 0 Å². The molecule has 0 radical (unpaired) electrons. The minimum atomic E-state index is -0.849. The predicted octanol–water partition coefficient (Wildman–Crippen LogP) is 3.40. The third-order valence-electron chi connectivity index (χ3n) is 2.14. The summed E-state index contributed by atoms with van der Waals surface area (Å²) in [5.41, 5.74) is 0.381. The van der Waals surface area contributed by atoms with Gasteiger partial charge in [-0.05, 0) is 17.7 Å². The van der Waals surface area contributed by atoms with Gasteiger partial charge in [0.25, 0.3) is 0 Å². The van der Waals surface area contributed by atoms with Gasteiger partial charge in [0.2, 0.25) is 0 Å². The normalized spacial score (nSPS) is 22.1. The van der Waals surface area contributed by atoms with E-state index in [1.807, 2.05) is 6.08 Å². The highest BCUT2D eigenvalue weighted by Crippen LogP contribution is 2.14. The molecule has 0 saturated carbocycles. The fourth-order valence-electron chi connectivity index (χ4n) is 1.23. The van der Waals surface area contributed by atoms with Crippen molar-refractivity contribution in [2.45, 2.75) is 13.3 Å². The molecule has 0 saturated heterocycles. The Morgan fingerprint density at radius 3 is 2.56 bits per heavy atom. The Morgan fingerprint density at radius 1 is 1.44 bits per heavy atom.